The predicted octanol–water partition coefficient (Wildman–Crippen LogP) is 2.77. The van der Waals surface area contributed by atoms with Crippen LogP contribution < -0.4 is 10.1 Å². The van der Waals surface area contributed by atoms with E-state index in [2.05, 4.69) is 5.32 Å². The second-order valence-corrected chi connectivity index (χ2v) is 7.99. The van der Waals surface area contributed by atoms with Crippen molar-refractivity contribution in [2.24, 2.45) is 0 Å². The van der Waals surface area contributed by atoms with Gasteiger partial charge in [-0.05, 0) is 61.9 Å². The third-order valence-electron chi connectivity index (χ3n) is 3.63. The minimum absolute atomic E-state index is 0.0874. The van der Waals surface area contributed by atoms with Gasteiger partial charge in [-0.15, -0.1) is 0 Å². The minimum atomic E-state index is -3.97. The smallest absolute Gasteiger partial charge is 0.239 e. The molecule has 144 valence electrons. The highest BCUT2D eigenvalue weighted by atomic mass is 32.2. The van der Waals surface area contributed by atoms with Gasteiger partial charge >= 0.3 is 0 Å². The summed E-state index contributed by atoms with van der Waals surface area (Å²) in [6, 6.07) is 10.1. The number of hydrogen-bond acceptors (Lipinski definition) is 5. The van der Waals surface area contributed by atoms with Crippen LogP contribution in [-0.4, -0.2) is 38.2 Å². The average molecular weight is 393 g/mol. The van der Waals surface area contributed by atoms with Crippen molar-refractivity contribution in [3.63, 3.8) is 0 Å². The fraction of sp³-hybridized carbons (Fsp3) is 0.263. The molecule has 27 heavy (non-hydrogen) atoms. The highest BCUT2D eigenvalue weighted by molar-refractivity contribution is 7.92. The number of aryl methyl sites for hydroxylation is 1. The van der Waals surface area contributed by atoms with Crippen LogP contribution in [0.15, 0.2) is 42.5 Å². The number of carbonyl (C=O) groups is 2. The largest absolute Gasteiger partial charge is 0.494 e. The third-order valence-corrected chi connectivity index (χ3v) is 5.04. The van der Waals surface area contributed by atoms with Crippen molar-refractivity contribution in [1.29, 1.82) is 0 Å². The lowest BCUT2D eigenvalue weighted by Crippen LogP contribution is -2.27. The van der Waals surface area contributed by atoms with E-state index >= 15 is 0 Å². The number of rotatable bonds is 8. The summed E-state index contributed by atoms with van der Waals surface area (Å²) in [5.41, 5.74) is 0.745. The molecule has 0 fully saturated rings. The summed E-state index contributed by atoms with van der Waals surface area (Å²) < 4.78 is 42.8. The van der Waals surface area contributed by atoms with Crippen molar-refractivity contribution in [1.82, 2.24) is 0 Å². The molecule has 0 saturated heterocycles. The quantitative estimate of drug-likeness (QED) is 0.697. The van der Waals surface area contributed by atoms with Gasteiger partial charge in [0.05, 0.1) is 6.61 Å². The lowest BCUT2D eigenvalue weighted by Gasteiger charge is -2.08. The average Bonchev–Trinajstić information content (AvgIpc) is 2.58. The first-order valence-electron chi connectivity index (χ1n) is 8.22. The lowest BCUT2D eigenvalue weighted by molar-refractivity contribution is -0.113. The Bertz CT molecular complexity index is 939. The standard InChI is InChI=1S/C19H20FNO5S/c1-3-26-16-7-5-15(6-8-16)21-19(23)12-27(24,25)11-18(22)14-4-9-17(20)13(2)10-14/h4-10H,3,11-12H2,1-2H3,(H,21,23). The van der Waals surface area contributed by atoms with E-state index in [1.807, 2.05) is 6.92 Å². The number of anilines is 1. The van der Waals surface area contributed by atoms with Gasteiger partial charge in [-0.1, -0.05) is 0 Å². The van der Waals surface area contributed by atoms with Crippen molar-refractivity contribution >= 4 is 27.2 Å². The lowest BCUT2D eigenvalue weighted by atomic mass is 10.1. The van der Waals surface area contributed by atoms with E-state index in [1.54, 1.807) is 24.3 Å². The molecular weight excluding hydrogens is 373 g/mol. The minimum Gasteiger partial charge on any atom is -0.494 e. The molecule has 0 radical (unpaired) electrons. The van der Waals surface area contributed by atoms with Gasteiger partial charge in [0.25, 0.3) is 0 Å². The monoisotopic (exact) mass is 393 g/mol. The van der Waals surface area contributed by atoms with Gasteiger partial charge in [0.15, 0.2) is 15.6 Å². The Morgan fingerprint density at radius 1 is 1.07 bits per heavy atom. The van der Waals surface area contributed by atoms with Gasteiger partial charge in [-0.2, -0.15) is 0 Å². The number of benzene rings is 2. The molecule has 0 spiro atoms. The van der Waals surface area contributed by atoms with E-state index in [4.69, 9.17) is 4.74 Å². The van der Waals surface area contributed by atoms with E-state index < -0.39 is 38.9 Å². The Balaban J connectivity index is 1.97. The molecule has 0 atom stereocenters. The van der Waals surface area contributed by atoms with E-state index in [0.29, 0.717) is 18.0 Å². The van der Waals surface area contributed by atoms with Crippen LogP contribution in [0.4, 0.5) is 10.1 Å². The second kappa shape index (κ2) is 8.77. The summed E-state index contributed by atoms with van der Waals surface area (Å²) in [7, 11) is -3.97. The summed E-state index contributed by atoms with van der Waals surface area (Å²) in [5.74, 6) is -2.94. The number of nitrogens with one attached hydrogen (secondary N) is 1. The van der Waals surface area contributed by atoms with Crippen molar-refractivity contribution in [3.8, 4) is 5.75 Å². The molecule has 0 aromatic heterocycles. The molecule has 1 N–H and O–H groups in total. The van der Waals surface area contributed by atoms with Crippen LogP contribution in [-0.2, 0) is 14.6 Å². The molecule has 2 aromatic rings. The molecule has 2 rings (SSSR count). The summed E-state index contributed by atoms with van der Waals surface area (Å²) in [6.07, 6.45) is 0. The summed E-state index contributed by atoms with van der Waals surface area (Å²) >= 11 is 0. The number of carbonyl (C=O) groups excluding carboxylic acids is 2. The molecule has 8 heteroatoms. The molecule has 0 aliphatic heterocycles. The fourth-order valence-corrected chi connectivity index (χ4v) is 3.49. The van der Waals surface area contributed by atoms with Crippen LogP contribution in [0, 0.1) is 12.7 Å². The van der Waals surface area contributed by atoms with Crippen LogP contribution in [0.5, 0.6) is 5.75 Å². The number of hydrogen-bond donors (Lipinski definition) is 1. The Labute approximate surface area is 157 Å². The molecule has 1 amide bonds. The Morgan fingerprint density at radius 3 is 2.33 bits per heavy atom. The SMILES string of the molecule is CCOc1ccc(NC(=O)CS(=O)(=O)CC(=O)c2ccc(F)c(C)c2)cc1. The van der Waals surface area contributed by atoms with E-state index in [0.717, 1.165) is 6.07 Å². The van der Waals surface area contributed by atoms with Crippen LogP contribution in [0.1, 0.15) is 22.8 Å². The van der Waals surface area contributed by atoms with E-state index in [9.17, 15) is 22.4 Å². The number of ketones is 1. The van der Waals surface area contributed by atoms with Gasteiger partial charge in [0, 0.05) is 11.3 Å². The predicted molar refractivity (Wildman–Crippen MR) is 100 cm³/mol. The highest BCUT2D eigenvalue weighted by Crippen LogP contribution is 2.16. The molecule has 0 saturated carbocycles. The van der Waals surface area contributed by atoms with Gasteiger partial charge < -0.3 is 10.1 Å². The van der Waals surface area contributed by atoms with Crippen LogP contribution >= 0.6 is 0 Å². The van der Waals surface area contributed by atoms with Crippen LogP contribution in [0.2, 0.25) is 0 Å². The number of sulfone groups is 1. The molecule has 0 heterocycles. The molecule has 0 aliphatic carbocycles. The Kier molecular flexibility index (Phi) is 6.68. The zero-order valence-electron chi connectivity index (χ0n) is 15.0. The first kappa shape index (κ1) is 20.6. The molecule has 0 unspecified atom stereocenters. The van der Waals surface area contributed by atoms with Crippen LogP contribution in [0.25, 0.3) is 0 Å². The fourth-order valence-electron chi connectivity index (χ4n) is 2.35. The van der Waals surface area contributed by atoms with Crippen LogP contribution in [0.3, 0.4) is 0 Å². The van der Waals surface area contributed by atoms with Crippen molar-refractivity contribution in [2.75, 3.05) is 23.4 Å². The number of halogens is 1. The number of Topliss-reactive ketones (excluding diaryl/α,β-unsaturated/α-hetero) is 1. The van der Waals surface area contributed by atoms with E-state index in [-0.39, 0.29) is 11.1 Å². The van der Waals surface area contributed by atoms with Crippen molar-refractivity contribution in [3.05, 3.63) is 59.4 Å². The number of amides is 1. The second-order valence-electron chi connectivity index (χ2n) is 5.92. The Morgan fingerprint density at radius 2 is 1.74 bits per heavy atom. The van der Waals surface area contributed by atoms with E-state index in [1.165, 1.54) is 19.1 Å². The molecule has 6 nitrogen and oxygen atoms in total. The third kappa shape index (κ3) is 6.18. The maximum Gasteiger partial charge on any atom is 0.239 e. The molecule has 2 aromatic carbocycles. The maximum absolute atomic E-state index is 13.3. The summed E-state index contributed by atoms with van der Waals surface area (Å²) in [6.45, 7) is 3.82. The van der Waals surface area contributed by atoms with Gasteiger partial charge in [-0.3, -0.25) is 9.59 Å². The maximum atomic E-state index is 13.3. The zero-order valence-corrected chi connectivity index (χ0v) is 15.8. The first-order valence-corrected chi connectivity index (χ1v) is 10.0. The number of ether oxygens (including phenoxy) is 1. The molecule has 0 aliphatic rings. The summed E-state index contributed by atoms with van der Waals surface area (Å²) in [4.78, 5) is 24.1. The molecule has 0 bridgehead atoms. The molecular formula is C19H20FNO5S. The van der Waals surface area contributed by atoms with Crippen molar-refractivity contribution < 1.29 is 27.1 Å². The van der Waals surface area contributed by atoms with Gasteiger partial charge in [0.1, 0.15) is 23.1 Å². The first-order chi connectivity index (χ1) is 12.7. The zero-order chi connectivity index (χ0) is 20.0. The highest BCUT2D eigenvalue weighted by Gasteiger charge is 2.22. The summed E-state index contributed by atoms with van der Waals surface area (Å²) in [5, 5.41) is 2.46. The van der Waals surface area contributed by atoms with Crippen molar-refractivity contribution in [2.45, 2.75) is 13.8 Å². The normalized spacial score (nSPS) is 11.1. The van der Waals surface area contributed by atoms with Gasteiger partial charge in [-0.25, -0.2) is 12.8 Å². The van der Waals surface area contributed by atoms with Gasteiger partial charge in [0.2, 0.25) is 5.91 Å². The topological polar surface area (TPSA) is 89.5 Å². The Hall–Kier alpha value is -2.74.